The van der Waals surface area contributed by atoms with E-state index >= 15 is 0 Å². The van der Waals surface area contributed by atoms with Crippen molar-refractivity contribution >= 4 is 0 Å². The molecule has 0 saturated heterocycles. The molecule has 0 unspecified atom stereocenters. The summed E-state index contributed by atoms with van der Waals surface area (Å²) in [6.45, 7) is 8.42. The molecule has 0 aromatic heterocycles. The highest BCUT2D eigenvalue weighted by molar-refractivity contribution is 5.43. The lowest BCUT2D eigenvalue weighted by atomic mass is 10.1. The summed E-state index contributed by atoms with van der Waals surface area (Å²) in [5.41, 5.74) is 4.90. The molecule has 0 heterocycles. The largest absolute Gasteiger partial charge is 0.485 e. The van der Waals surface area contributed by atoms with E-state index in [1.54, 1.807) is 0 Å². The number of hydrogen-bond acceptors (Lipinski definition) is 1. The van der Waals surface area contributed by atoms with Gasteiger partial charge in [0.25, 0.3) is 0 Å². The van der Waals surface area contributed by atoms with Crippen LogP contribution in [0.15, 0.2) is 42.5 Å². The molecule has 0 aliphatic rings. The lowest BCUT2D eigenvalue weighted by Gasteiger charge is -2.19. The van der Waals surface area contributed by atoms with Crippen molar-refractivity contribution in [3.8, 4) is 5.75 Å². The van der Waals surface area contributed by atoms with Crippen LogP contribution in [0.3, 0.4) is 0 Å². The second kappa shape index (κ2) is 5.26. The molecule has 0 saturated carbocycles. The molecular weight excluding hydrogens is 220 g/mol. The molecule has 0 aliphatic carbocycles. The van der Waals surface area contributed by atoms with Crippen LogP contribution in [0.5, 0.6) is 5.75 Å². The molecule has 94 valence electrons. The number of rotatable bonds is 3. The maximum atomic E-state index is 6.12. The first kappa shape index (κ1) is 12.7. The van der Waals surface area contributed by atoms with Gasteiger partial charge in [-0.1, -0.05) is 48.0 Å². The zero-order valence-corrected chi connectivity index (χ0v) is 11.5. The Balaban J connectivity index is 2.25. The maximum absolute atomic E-state index is 6.12. The van der Waals surface area contributed by atoms with Crippen molar-refractivity contribution in [1.29, 1.82) is 0 Å². The summed E-state index contributed by atoms with van der Waals surface area (Å²) in [5, 5.41) is 0. The van der Waals surface area contributed by atoms with Crippen LogP contribution >= 0.6 is 0 Å². The lowest BCUT2D eigenvalue weighted by molar-refractivity contribution is 0.224. The standard InChI is InChI=1S/C17H20O/c1-12-10-13(2)17(14(3)11-12)18-15(4)16-8-6-5-7-9-16/h5-11,15H,1-4H3/t15-/m1/s1. The van der Waals surface area contributed by atoms with Crippen molar-refractivity contribution in [3.63, 3.8) is 0 Å². The van der Waals surface area contributed by atoms with Crippen molar-refractivity contribution in [2.75, 3.05) is 0 Å². The zero-order valence-electron chi connectivity index (χ0n) is 11.5. The van der Waals surface area contributed by atoms with Crippen LogP contribution in [0.25, 0.3) is 0 Å². The van der Waals surface area contributed by atoms with Crippen molar-refractivity contribution in [2.24, 2.45) is 0 Å². The molecule has 18 heavy (non-hydrogen) atoms. The maximum Gasteiger partial charge on any atom is 0.126 e. The highest BCUT2D eigenvalue weighted by atomic mass is 16.5. The van der Waals surface area contributed by atoms with Crippen LogP contribution in [-0.2, 0) is 0 Å². The Labute approximate surface area is 109 Å². The van der Waals surface area contributed by atoms with E-state index < -0.39 is 0 Å². The van der Waals surface area contributed by atoms with Crippen molar-refractivity contribution in [1.82, 2.24) is 0 Å². The lowest BCUT2D eigenvalue weighted by Crippen LogP contribution is -2.05. The van der Waals surface area contributed by atoms with Gasteiger partial charge in [-0.25, -0.2) is 0 Å². The number of hydrogen-bond donors (Lipinski definition) is 0. The predicted octanol–water partition coefficient (Wildman–Crippen LogP) is 4.75. The van der Waals surface area contributed by atoms with Crippen LogP contribution < -0.4 is 4.74 Å². The Morgan fingerprint density at radius 1 is 0.889 bits per heavy atom. The Morgan fingerprint density at radius 2 is 1.44 bits per heavy atom. The van der Waals surface area contributed by atoms with E-state index in [0.29, 0.717) is 0 Å². The summed E-state index contributed by atoms with van der Waals surface area (Å²) in [6, 6.07) is 14.7. The smallest absolute Gasteiger partial charge is 0.126 e. The monoisotopic (exact) mass is 240 g/mol. The second-order valence-electron chi connectivity index (χ2n) is 4.90. The van der Waals surface area contributed by atoms with Crippen molar-refractivity contribution in [2.45, 2.75) is 33.8 Å². The third-order valence-corrected chi connectivity index (χ3v) is 3.17. The summed E-state index contributed by atoms with van der Waals surface area (Å²) in [5.74, 6) is 1.01. The van der Waals surface area contributed by atoms with Gasteiger partial charge in [0.15, 0.2) is 0 Å². The van der Waals surface area contributed by atoms with Gasteiger partial charge in [-0.3, -0.25) is 0 Å². The minimum Gasteiger partial charge on any atom is -0.485 e. The fraction of sp³-hybridized carbons (Fsp3) is 0.294. The molecule has 0 amide bonds. The number of aryl methyl sites for hydroxylation is 3. The molecule has 0 N–H and O–H groups in total. The van der Waals surface area contributed by atoms with Crippen LogP contribution in [0.2, 0.25) is 0 Å². The van der Waals surface area contributed by atoms with Gasteiger partial charge in [0, 0.05) is 0 Å². The first-order valence-corrected chi connectivity index (χ1v) is 6.37. The van der Waals surface area contributed by atoms with E-state index in [0.717, 1.165) is 5.75 Å². The van der Waals surface area contributed by atoms with E-state index in [1.807, 2.05) is 18.2 Å². The Morgan fingerprint density at radius 3 is 2.00 bits per heavy atom. The third-order valence-electron chi connectivity index (χ3n) is 3.17. The van der Waals surface area contributed by atoms with Crippen LogP contribution in [-0.4, -0.2) is 0 Å². The first-order chi connectivity index (χ1) is 8.58. The molecule has 0 fully saturated rings. The molecule has 0 aliphatic heterocycles. The van der Waals surface area contributed by atoms with Gasteiger partial charge in [0.2, 0.25) is 0 Å². The first-order valence-electron chi connectivity index (χ1n) is 6.37. The fourth-order valence-corrected chi connectivity index (χ4v) is 2.32. The summed E-state index contributed by atoms with van der Waals surface area (Å²) >= 11 is 0. The van der Waals surface area contributed by atoms with E-state index in [9.17, 15) is 0 Å². The number of benzene rings is 2. The van der Waals surface area contributed by atoms with Gasteiger partial charge in [-0.05, 0) is 44.4 Å². The summed E-state index contributed by atoms with van der Waals surface area (Å²) < 4.78 is 6.12. The molecule has 2 rings (SSSR count). The zero-order chi connectivity index (χ0) is 13.1. The summed E-state index contributed by atoms with van der Waals surface area (Å²) in [7, 11) is 0. The second-order valence-corrected chi connectivity index (χ2v) is 4.90. The Kier molecular flexibility index (Phi) is 3.71. The van der Waals surface area contributed by atoms with Gasteiger partial charge < -0.3 is 4.74 Å². The van der Waals surface area contributed by atoms with Gasteiger partial charge in [0.1, 0.15) is 11.9 Å². The fourth-order valence-electron chi connectivity index (χ4n) is 2.32. The van der Waals surface area contributed by atoms with E-state index in [4.69, 9.17) is 4.74 Å². The highest BCUT2D eigenvalue weighted by Gasteiger charge is 2.11. The normalized spacial score (nSPS) is 12.2. The highest BCUT2D eigenvalue weighted by Crippen LogP contribution is 2.29. The molecule has 1 nitrogen and oxygen atoms in total. The molecular formula is C17H20O. The van der Waals surface area contributed by atoms with E-state index in [2.05, 4.69) is 52.0 Å². The van der Waals surface area contributed by atoms with E-state index in [-0.39, 0.29) is 6.10 Å². The van der Waals surface area contributed by atoms with Gasteiger partial charge in [-0.2, -0.15) is 0 Å². The molecule has 0 spiro atoms. The van der Waals surface area contributed by atoms with Gasteiger partial charge in [0.05, 0.1) is 0 Å². The average molecular weight is 240 g/mol. The van der Waals surface area contributed by atoms with Gasteiger partial charge in [-0.15, -0.1) is 0 Å². The molecule has 2 aromatic carbocycles. The van der Waals surface area contributed by atoms with Crippen LogP contribution in [0.1, 0.15) is 35.3 Å². The molecule has 2 aromatic rings. The Hall–Kier alpha value is -1.76. The molecule has 0 radical (unpaired) electrons. The Bertz CT molecular complexity index is 506. The predicted molar refractivity (Wildman–Crippen MR) is 76.1 cm³/mol. The summed E-state index contributed by atoms with van der Waals surface area (Å²) in [4.78, 5) is 0. The van der Waals surface area contributed by atoms with Crippen molar-refractivity contribution in [3.05, 3.63) is 64.7 Å². The van der Waals surface area contributed by atoms with E-state index in [1.165, 1.54) is 22.3 Å². The number of ether oxygens (including phenoxy) is 1. The quantitative estimate of drug-likeness (QED) is 0.752. The molecule has 1 heteroatoms. The average Bonchev–Trinajstić information content (AvgIpc) is 2.34. The SMILES string of the molecule is Cc1cc(C)c(O[C@H](C)c2ccccc2)c(C)c1. The minimum absolute atomic E-state index is 0.0753. The van der Waals surface area contributed by atoms with Crippen molar-refractivity contribution < 1.29 is 4.74 Å². The van der Waals surface area contributed by atoms with Crippen LogP contribution in [0.4, 0.5) is 0 Å². The van der Waals surface area contributed by atoms with Gasteiger partial charge >= 0.3 is 0 Å². The topological polar surface area (TPSA) is 9.23 Å². The molecule has 1 atom stereocenters. The third kappa shape index (κ3) is 2.73. The molecule has 0 bridgehead atoms. The minimum atomic E-state index is 0.0753. The summed E-state index contributed by atoms with van der Waals surface area (Å²) in [6.07, 6.45) is 0.0753. The van der Waals surface area contributed by atoms with Crippen LogP contribution in [0, 0.1) is 20.8 Å².